The van der Waals surface area contributed by atoms with E-state index in [1.54, 1.807) is 6.08 Å². The first-order chi connectivity index (χ1) is 11.3. The topological polar surface area (TPSA) is 42.0 Å². The molecule has 2 aromatic carbocycles. The van der Waals surface area contributed by atoms with Crippen molar-refractivity contribution in [2.45, 2.75) is 6.42 Å². The normalized spacial score (nSPS) is 10.8. The van der Waals surface area contributed by atoms with Gasteiger partial charge in [0.25, 0.3) is 0 Å². The molecule has 0 saturated heterocycles. The van der Waals surface area contributed by atoms with Gasteiger partial charge in [0.05, 0.1) is 0 Å². The molecule has 3 aromatic rings. The zero-order chi connectivity index (χ0) is 15.9. The van der Waals surface area contributed by atoms with Crippen LogP contribution in [0.25, 0.3) is 6.08 Å². The summed E-state index contributed by atoms with van der Waals surface area (Å²) in [5.74, 6) is -0.172. The molecule has 1 heterocycles. The molecule has 0 spiro atoms. The van der Waals surface area contributed by atoms with E-state index in [1.807, 2.05) is 54.7 Å². The number of carbonyl (C=O) groups excluding carboxylic acids is 1. The highest BCUT2D eigenvalue weighted by Gasteiger charge is 2.05. The largest absolute Gasteiger partial charge is 0.298 e. The smallest absolute Gasteiger partial charge is 0.250 e. The Bertz CT molecular complexity index is 795. The number of carbonyl (C=O) groups is 1. The molecule has 23 heavy (non-hydrogen) atoms. The van der Waals surface area contributed by atoms with Gasteiger partial charge in [-0.15, -0.1) is 11.3 Å². The monoisotopic (exact) mass is 320 g/mol. The summed E-state index contributed by atoms with van der Waals surface area (Å²) in [4.78, 5) is 17.3. The molecule has 0 saturated carbocycles. The van der Waals surface area contributed by atoms with Crippen molar-refractivity contribution in [3.8, 4) is 0 Å². The zero-order valence-corrected chi connectivity index (χ0v) is 13.3. The molecule has 114 valence electrons. The maximum Gasteiger partial charge on any atom is 0.250 e. The fraction of sp³-hybridized carbons (Fsp3) is 0.0526. The molecular formula is C19H16N2OS. The van der Waals surface area contributed by atoms with Gasteiger partial charge in [0.15, 0.2) is 5.13 Å². The Kier molecular flexibility index (Phi) is 4.96. The molecule has 0 bridgehead atoms. The summed E-state index contributed by atoms with van der Waals surface area (Å²) in [5.41, 5.74) is 2.23. The lowest BCUT2D eigenvalue weighted by Crippen LogP contribution is -2.06. The molecule has 0 fully saturated rings. The number of thiazole rings is 1. The number of benzene rings is 2. The van der Waals surface area contributed by atoms with E-state index in [2.05, 4.69) is 22.4 Å². The third-order valence-electron chi connectivity index (χ3n) is 3.23. The Morgan fingerprint density at radius 1 is 1.04 bits per heavy atom. The van der Waals surface area contributed by atoms with Crippen LogP contribution in [0.2, 0.25) is 0 Å². The molecule has 0 atom stereocenters. The lowest BCUT2D eigenvalue weighted by molar-refractivity contribution is -0.111. The molecule has 4 heteroatoms. The summed E-state index contributed by atoms with van der Waals surface area (Å²) in [6, 6.07) is 19.9. The molecule has 3 nitrogen and oxygen atoms in total. The molecule has 1 aromatic heterocycles. The quantitative estimate of drug-likeness (QED) is 0.709. The SMILES string of the molecule is O=C(/C=C/c1ccccc1)Nc1ncc(Cc2ccccc2)s1. The third-order valence-corrected chi connectivity index (χ3v) is 4.14. The summed E-state index contributed by atoms with van der Waals surface area (Å²) < 4.78 is 0. The lowest BCUT2D eigenvalue weighted by atomic mass is 10.1. The van der Waals surface area contributed by atoms with Crippen LogP contribution in [0.3, 0.4) is 0 Å². The molecule has 0 aliphatic carbocycles. The minimum Gasteiger partial charge on any atom is -0.298 e. The summed E-state index contributed by atoms with van der Waals surface area (Å²) in [6.45, 7) is 0. The Morgan fingerprint density at radius 3 is 2.48 bits per heavy atom. The standard InChI is InChI=1S/C19H16N2OS/c22-18(12-11-15-7-3-1-4-8-15)21-19-20-14-17(23-19)13-16-9-5-2-6-10-16/h1-12,14H,13H2,(H,20,21,22)/b12-11+. The highest BCUT2D eigenvalue weighted by Crippen LogP contribution is 2.21. The van der Waals surface area contributed by atoms with Gasteiger partial charge in [0.1, 0.15) is 0 Å². The van der Waals surface area contributed by atoms with Crippen LogP contribution in [0, 0.1) is 0 Å². The van der Waals surface area contributed by atoms with Crippen molar-refractivity contribution in [3.63, 3.8) is 0 Å². The predicted molar refractivity (Wildman–Crippen MR) is 95.5 cm³/mol. The Balaban J connectivity index is 1.58. The molecule has 0 aliphatic rings. The molecule has 0 unspecified atom stereocenters. The van der Waals surface area contributed by atoms with Crippen molar-refractivity contribution in [3.05, 3.63) is 88.9 Å². The summed E-state index contributed by atoms with van der Waals surface area (Å²) in [6.07, 6.45) is 5.95. The number of nitrogens with one attached hydrogen (secondary N) is 1. The number of amides is 1. The molecule has 3 rings (SSSR count). The Labute approximate surface area is 139 Å². The first-order valence-electron chi connectivity index (χ1n) is 7.32. The van der Waals surface area contributed by atoms with E-state index in [9.17, 15) is 4.79 Å². The number of aromatic nitrogens is 1. The van der Waals surface area contributed by atoms with E-state index in [0.29, 0.717) is 5.13 Å². The van der Waals surface area contributed by atoms with E-state index in [1.165, 1.54) is 23.0 Å². The van der Waals surface area contributed by atoms with Crippen LogP contribution in [0.5, 0.6) is 0 Å². The van der Waals surface area contributed by atoms with Crippen molar-refractivity contribution in [2.75, 3.05) is 5.32 Å². The second-order valence-corrected chi connectivity index (χ2v) is 6.14. The van der Waals surface area contributed by atoms with Gasteiger partial charge in [-0.2, -0.15) is 0 Å². The van der Waals surface area contributed by atoms with Crippen molar-refractivity contribution in [1.29, 1.82) is 0 Å². The highest BCUT2D eigenvalue weighted by atomic mass is 32.1. The van der Waals surface area contributed by atoms with Crippen LogP contribution in [0.15, 0.2) is 72.9 Å². The summed E-state index contributed by atoms with van der Waals surface area (Å²) in [5, 5.41) is 3.42. The minimum absolute atomic E-state index is 0.172. The molecule has 0 aliphatic heterocycles. The van der Waals surface area contributed by atoms with Crippen LogP contribution in [0.1, 0.15) is 16.0 Å². The maximum atomic E-state index is 11.9. The number of nitrogens with zero attached hydrogens (tertiary/aromatic N) is 1. The predicted octanol–water partition coefficient (Wildman–Crippen LogP) is 4.39. The van der Waals surface area contributed by atoms with Gasteiger partial charge in [0.2, 0.25) is 5.91 Å². The number of hydrogen-bond donors (Lipinski definition) is 1. The first kappa shape index (κ1) is 15.2. The highest BCUT2D eigenvalue weighted by molar-refractivity contribution is 7.15. The van der Waals surface area contributed by atoms with E-state index in [0.717, 1.165) is 16.9 Å². The first-order valence-corrected chi connectivity index (χ1v) is 8.14. The second-order valence-electron chi connectivity index (χ2n) is 5.03. The lowest BCUT2D eigenvalue weighted by Gasteiger charge is -1.97. The minimum atomic E-state index is -0.172. The van der Waals surface area contributed by atoms with Gasteiger partial charge in [-0.1, -0.05) is 60.7 Å². The fourth-order valence-corrected chi connectivity index (χ4v) is 2.98. The van der Waals surface area contributed by atoms with Crippen LogP contribution in [0.4, 0.5) is 5.13 Å². The molecule has 0 radical (unpaired) electrons. The maximum absolute atomic E-state index is 11.9. The Hall–Kier alpha value is -2.72. The van der Waals surface area contributed by atoms with Gasteiger partial charge in [-0.05, 0) is 17.2 Å². The van der Waals surface area contributed by atoms with E-state index >= 15 is 0 Å². The Morgan fingerprint density at radius 2 is 1.74 bits per heavy atom. The fourth-order valence-electron chi connectivity index (χ4n) is 2.13. The van der Waals surface area contributed by atoms with E-state index < -0.39 is 0 Å². The molecule has 1 amide bonds. The van der Waals surface area contributed by atoms with Crippen molar-refractivity contribution < 1.29 is 4.79 Å². The molecule has 1 N–H and O–H groups in total. The zero-order valence-electron chi connectivity index (χ0n) is 12.5. The van der Waals surface area contributed by atoms with Crippen LogP contribution < -0.4 is 5.32 Å². The van der Waals surface area contributed by atoms with Crippen LogP contribution >= 0.6 is 11.3 Å². The summed E-state index contributed by atoms with van der Waals surface area (Å²) >= 11 is 1.50. The van der Waals surface area contributed by atoms with Gasteiger partial charge in [-0.25, -0.2) is 4.98 Å². The van der Waals surface area contributed by atoms with Gasteiger partial charge in [-0.3, -0.25) is 10.1 Å². The number of hydrogen-bond acceptors (Lipinski definition) is 3. The van der Waals surface area contributed by atoms with Crippen LogP contribution in [-0.2, 0) is 11.2 Å². The van der Waals surface area contributed by atoms with Crippen molar-refractivity contribution >= 4 is 28.5 Å². The third kappa shape index (κ3) is 4.63. The number of anilines is 1. The summed E-state index contributed by atoms with van der Waals surface area (Å²) in [7, 11) is 0. The van der Waals surface area contributed by atoms with Gasteiger partial charge in [0, 0.05) is 23.6 Å². The van der Waals surface area contributed by atoms with Gasteiger partial charge < -0.3 is 0 Å². The second kappa shape index (κ2) is 7.51. The van der Waals surface area contributed by atoms with Gasteiger partial charge >= 0.3 is 0 Å². The van der Waals surface area contributed by atoms with E-state index in [4.69, 9.17) is 0 Å². The van der Waals surface area contributed by atoms with E-state index in [-0.39, 0.29) is 5.91 Å². The molecular weight excluding hydrogens is 304 g/mol. The van der Waals surface area contributed by atoms with Crippen molar-refractivity contribution in [2.24, 2.45) is 0 Å². The number of rotatable bonds is 5. The van der Waals surface area contributed by atoms with Crippen LogP contribution in [-0.4, -0.2) is 10.9 Å². The average molecular weight is 320 g/mol. The average Bonchev–Trinajstić information content (AvgIpc) is 3.02. The van der Waals surface area contributed by atoms with Crippen molar-refractivity contribution in [1.82, 2.24) is 4.98 Å².